The first-order chi connectivity index (χ1) is 9.40. The third kappa shape index (κ3) is 5.43. The normalized spacial score (nSPS) is 18.9. The Bertz CT molecular complexity index is 368. The van der Waals surface area contributed by atoms with Crippen molar-refractivity contribution in [3.63, 3.8) is 0 Å². The minimum Gasteiger partial charge on any atom is -0.480 e. The number of carboxylic acid groups (broad SMARTS) is 1. The van der Waals surface area contributed by atoms with Crippen molar-refractivity contribution in [2.45, 2.75) is 38.3 Å². The van der Waals surface area contributed by atoms with E-state index in [0.29, 0.717) is 19.1 Å². The van der Waals surface area contributed by atoms with Gasteiger partial charge in [-0.1, -0.05) is 0 Å². The van der Waals surface area contributed by atoms with Gasteiger partial charge in [0.05, 0.1) is 6.42 Å². The zero-order valence-electron chi connectivity index (χ0n) is 11.4. The van der Waals surface area contributed by atoms with Gasteiger partial charge < -0.3 is 26.2 Å². The van der Waals surface area contributed by atoms with Crippen LogP contribution in [0.3, 0.4) is 0 Å². The van der Waals surface area contributed by atoms with Gasteiger partial charge in [-0.2, -0.15) is 0 Å². The number of hydrogen-bond acceptors (Lipinski definition) is 4. The van der Waals surface area contributed by atoms with Crippen LogP contribution < -0.4 is 16.4 Å². The summed E-state index contributed by atoms with van der Waals surface area (Å²) in [5.41, 5.74) is 4.94. The van der Waals surface area contributed by atoms with E-state index in [1.54, 1.807) is 0 Å². The second-order valence-corrected chi connectivity index (χ2v) is 4.92. The van der Waals surface area contributed by atoms with Crippen molar-refractivity contribution >= 4 is 17.9 Å². The molecule has 1 unspecified atom stereocenters. The number of nitrogens with one attached hydrogen (secondary N) is 2. The molecule has 1 rings (SSSR count). The van der Waals surface area contributed by atoms with Gasteiger partial charge in [0.25, 0.3) is 0 Å². The van der Waals surface area contributed by atoms with Gasteiger partial charge in [-0.3, -0.25) is 4.79 Å². The summed E-state index contributed by atoms with van der Waals surface area (Å²) < 4.78 is 5.24. The highest BCUT2D eigenvalue weighted by Crippen LogP contribution is 2.18. The monoisotopic (exact) mass is 287 g/mol. The van der Waals surface area contributed by atoms with Crippen molar-refractivity contribution in [2.75, 3.05) is 13.2 Å². The quantitative estimate of drug-likeness (QED) is 0.519. The highest BCUT2D eigenvalue weighted by molar-refractivity contribution is 5.87. The molecule has 1 aliphatic heterocycles. The number of aliphatic carboxylic acids is 1. The molecule has 114 valence electrons. The molecule has 0 bridgehead atoms. The predicted molar refractivity (Wildman–Crippen MR) is 69.9 cm³/mol. The Hall–Kier alpha value is -1.83. The van der Waals surface area contributed by atoms with Crippen LogP contribution in [0.5, 0.6) is 0 Å². The van der Waals surface area contributed by atoms with Crippen LogP contribution in [-0.4, -0.2) is 48.3 Å². The van der Waals surface area contributed by atoms with E-state index in [2.05, 4.69) is 10.6 Å². The van der Waals surface area contributed by atoms with Crippen molar-refractivity contribution < 1.29 is 24.2 Å². The molecule has 20 heavy (non-hydrogen) atoms. The van der Waals surface area contributed by atoms with E-state index in [9.17, 15) is 14.4 Å². The van der Waals surface area contributed by atoms with E-state index in [0.717, 1.165) is 12.8 Å². The fourth-order valence-corrected chi connectivity index (χ4v) is 2.14. The average Bonchev–Trinajstić information content (AvgIpc) is 2.38. The molecule has 1 aliphatic rings. The lowest BCUT2D eigenvalue weighted by Gasteiger charge is -2.28. The molecule has 8 heteroatoms. The van der Waals surface area contributed by atoms with Crippen LogP contribution in [0.2, 0.25) is 0 Å². The summed E-state index contributed by atoms with van der Waals surface area (Å²) in [6.07, 6.45) is 1.27. The molecule has 0 aromatic heterocycles. The zero-order chi connectivity index (χ0) is 15.1. The van der Waals surface area contributed by atoms with Crippen molar-refractivity contribution in [1.29, 1.82) is 0 Å². The summed E-state index contributed by atoms with van der Waals surface area (Å²) >= 11 is 0. The summed E-state index contributed by atoms with van der Waals surface area (Å²) in [5, 5.41) is 13.8. The molecule has 1 saturated heterocycles. The minimum absolute atomic E-state index is 0.0954. The van der Waals surface area contributed by atoms with E-state index in [1.165, 1.54) is 0 Å². The molecule has 0 aromatic carbocycles. The fraction of sp³-hybridized carbons (Fsp3) is 0.750. The summed E-state index contributed by atoms with van der Waals surface area (Å²) in [4.78, 5) is 33.4. The maximum atomic E-state index is 11.7. The number of ether oxygens (including phenoxy) is 1. The maximum absolute atomic E-state index is 11.7. The first-order valence-electron chi connectivity index (χ1n) is 6.56. The molecule has 0 radical (unpaired) electrons. The van der Waals surface area contributed by atoms with E-state index < -0.39 is 30.4 Å². The van der Waals surface area contributed by atoms with Gasteiger partial charge in [0.1, 0.15) is 6.04 Å². The molecule has 1 heterocycles. The van der Waals surface area contributed by atoms with Crippen LogP contribution in [0, 0.1) is 5.92 Å². The van der Waals surface area contributed by atoms with Gasteiger partial charge in [0, 0.05) is 19.3 Å². The number of primary amides is 1. The second kappa shape index (κ2) is 7.68. The van der Waals surface area contributed by atoms with Crippen LogP contribution in [-0.2, 0) is 14.3 Å². The average molecular weight is 287 g/mol. The highest BCUT2D eigenvalue weighted by atomic mass is 16.5. The molecule has 8 nitrogen and oxygen atoms in total. The van der Waals surface area contributed by atoms with Crippen molar-refractivity contribution in [1.82, 2.24) is 10.6 Å². The molecule has 0 spiro atoms. The number of carbonyl (C=O) groups excluding carboxylic acids is 2. The number of carbonyl (C=O) groups is 3. The van der Waals surface area contributed by atoms with Gasteiger partial charge in [0.15, 0.2) is 0 Å². The smallest absolute Gasteiger partial charge is 0.326 e. The van der Waals surface area contributed by atoms with E-state index in [-0.39, 0.29) is 6.04 Å². The SMILES string of the molecule is CC(NC(=O)N[C@H](CC(N)=O)C(=O)O)C1CCOCC1. The zero-order valence-corrected chi connectivity index (χ0v) is 11.4. The molecular weight excluding hydrogens is 266 g/mol. The van der Waals surface area contributed by atoms with Gasteiger partial charge in [-0.15, -0.1) is 0 Å². The number of carboxylic acids is 1. The highest BCUT2D eigenvalue weighted by Gasteiger charge is 2.25. The van der Waals surface area contributed by atoms with Crippen LogP contribution >= 0.6 is 0 Å². The third-order valence-corrected chi connectivity index (χ3v) is 3.34. The molecular formula is C12H21N3O5. The Kier molecular flexibility index (Phi) is 6.23. The molecule has 3 amide bonds. The number of hydrogen-bond donors (Lipinski definition) is 4. The number of nitrogens with two attached hydrogens (primary N) is 1. The van der Waals surface area contributed by atoms with Crippen LogP contribution in [0.15, 0.2) is 0 Å². The second-order valence-electron chi connectivity index (χ2n) is 4.92. The van der Waals surface area contributed by atoms with E-state index in [4.69, 9.17) is 15.6 Å². The molecule has 1 fully saturated rings. The first-order valence-corrected chi connectivity index (χ1v) is 6.56. The van der Waals surface area contributed by atoms with Crippen LogP contribution in [0.25, 0.3) is 0 Å². The standard InChI is InChI=1S/C12H21N3O5/c1-7(8-2-4-20-5-3-8)14-12(19)15-9(11(17)18)6-10(13)16/h7-9H,2-6H2,1H3,(H2,13,16)(H,17,18)(H2,14,15,19)/t7?,9-/m1/s1. The molecule has 5 N–H and O–H groups in total. The Morgan fingerprint density at radius 2 is 1.90 bits per heavy atom. The number of urea groups is 1. The number of amides is 3. The molecule has 0 aliphatic carbocycles. The summed E-state index contributed by atoms with van der Waals surface area (Å²) in [6, 6.07) is -2.02. The largest absolute Gasteiger partial charge is 0.480 e. The topological polar surface area (TPSA) is 131 Å². The van der Waals surface area contributed by atoms with E-state index in [1.807, 2.05) is 6.92 Å². The third-order valence-electron chi connectivity index (χ3n) is 3.34. The lowest BCUT2D eigenvalue weighted by atomic mass is 9.93. The van der Waals surface area contributed by atoms with Gasteiger partial charge >= 0.3 is 12.0 Å². The lowest BCUT2D eigenvalue weighted by Crippen LogP contribution is -2.51. The Balaban J connectivity index is 2.43. The fourth-order valence-electron chi connectivity index (χ4n) is 2.14. The number of rotatable bonds is 6. The Morgan fingerprint density at radius 3 is 2.40 bits per heavy atom. The Morgan fingerprint density at radius 1 is 1.30 bits per heavy atom. The molecule has 2 atom stereocenters. The molecule has 0 aromatic rings. The summed E-state index contributed by atoms with van der Waals surface area (Å²) in [5.74, 6) is -1.78. The van der Waals surface area contributed by atoms with Crippen LogP contribution in [0.1, 0.15) is 26.2 Å². The summed E-state index contributed by atoms with van der Waals surface area (Å²) in [7, 11) is 0. The predicted octanol–water partition coefficient (Wildman–Crippen LogP) is -0.571. The van der Waals surface area contributed by atoms with Gasteiger partial charge in [-0.05, 0) is 25.7 Å². The van der Waals surface area contributed by atoms with Crippen molar-refractivity contribution in [3.8, 4) is 0 Å². The minimum atomic E-state index is -1.31. The lowest BCUT2D eigenvalue weighted by molar-refractivity contribution is -0.140. The Labute approximate surface area is 117 Å². The van der Waals surface area contributed by atoms with E-state index >= 15 is 0 Å². The molecule has 0 saturated carbocycles. The van der Waals surface area contributed by atoms with Crippen molar-refractivity contribution in [2.24, 2.45) is 11.7 Å². The van der Waals surface area contributed by atoms with Crippen molar-refractivity contribution in [3.05, 3.63) is 0 Å². The summed E-state index contributed by atoms with van der Waals surface area (Å²) in [6.45, 7) is 3.19. The first kappa shape index (κ1) is 16.2. The van der Waals surface area contributed by atoms with Gasteiger partial charge in [0.2, 0.25) is 5.91 Å². The van der Waals surface area contributed by atoms with Gasteiger partial charge in [-0.25, -0.2) is 9.59 Å². The maximum Gasteiger partial charge on any atom is 0.326 e. The van der Waals surface area contributed by atoms with Crippen LogP contribution in [0.4, 0.5) is 4.79 Å².